The molecule has 0 aliphatic carbocycles. The molecule has 0 aromatic heterocycles. The van der Waals surface area contributed by atoms with E-state index in [2.05, 4.69) is 149 Å². The van der Waals surface area contributed by atoms with Crippen LogP contribution in [0.1, 0.15) is 58.2 Å². The maximum atomic E-state index is 7.33. The highest BCUT2D eigenvalue weighted by Gasteiger charge is 2.69. The SMILES string of the molecule is CC(C)(C)c1cc2c(c(C(C)(C)C)c1)O[C@@H]1[N+](=C2)c2ccccc2[P+]1(c1ccccc1)c1ccccc1. The summed E-state index contributed by atoms with van der Waals surface area (Å²) in [6.45, 7) is 13.8. The number of ether oxygens (including phenoxy) is 1. The van der Waals surface area contributed by atoms with Crippen molar-refractivity contribution >= 4 is 35.1 Å². The lowest BCUT2D eigenvalue weighted by molar-refractivity contribution is -0.492. The number of rotatable bonds is 2. The fourth-order valence-electron chi connectivity index (χ4n) is 5.81. The molecule has 37 heavy (non-hydrogen) atoms. The largest absolute Gasteiger partial charge is 0.419 e. The van der Waals surface area contributed by atoms with Crippen molar-refractivity contribution < 1.29 is 9.31 Å². The van der Waals surface area contributed by atoms with Crippen LogP contribution in [0.4, 0.5) is 5.69 Å². The number of nitrogens with zero attached hydrogens (tertiary/aromatic N) is 1. The van der Waals surface area contributed by atoms with Gasteiger partial charge >= 0.3 is 5.97 Å². The molecule has 2 aliphatic rings. The molecule has 4 aromatic carbocycles. The van der Waals surface area contributed by atoms with Gasteiger partial charge in [-0.05, 0) is 52.8 Å². The van der Waals surface area contributed by atoms with Crippen LogP contribution in [-0.2, 0) is 10.8 Å². The molecule has 6 rings (SSSR count). The Labute approximate surface area is 222 Å². The van der Waals surface area contributed by atoms with Crippen LogP contribution in [0, 0.1) is 0 Å². The lowest BCUT2D eigenvalue weighted by atomic mass is 9.79. The van der Waals surface area contributed by atoms with Gasteiger partial charge in [-0.2, -0.15) is 0 Å². The summed E-state index contributed by atoms with van der Waals surface area (Å²) >= 11 is 0. The first-order valence-electron chi connectivity index (χ1n) is 13.2. The average Bonchev–Trinajstić information content (AvgIpc) is 3.17. The number of hydrogen-bond acceptors (Lipinski definition) is 1. The Hall–Kier alpha value is -3.22. The molecular formula is C34H36NOP+2. The maximum Gasteiger partial charge on any atom is 0.419 e. The van der Waals surface area contributed by atoms with Crippen LogP contribution in [-0.4, -0.2) is 16.8 Å². The second-order valence-electron chi connectivity index (χ2n) is 12.3. The topological polar surface area (TPSA) is 12.2 Å². The highest BCUT2D eigenvalue weighted by atomic mass is 31.2. The first kappa shape index (κ1) is 24.1. The molecule has 4 aromatic rings. The summed E-state index contributed by atoms with van der Waals surface area (Å²) in [5.74, 6) is 0.898. The number of para-hydroxylation sites is 1. The van der Waals surface area contributed by atoms with Gasteiger partial charge in [0.25, 0.3) is 5.69 Å². The van der Waals surface area contributed by atoms with E-state index in [4.69, 9.17) is 4.74 Å². The van der Waals surface area contributed by atoms with E-state index in [1.165, 1.54) is 38.3 Å². The average molecular weight is 506 g/mol. The highest BCUT2D eigenvalue weighted by Crippen LogP contribution is 2.67. The molecular weight excluding hydrogens is 469 g/mol. The van der Waals surface area contributed by atoms with Crippen molar-refractivity contribution in [3.8, 4) is 5.75 Å². The zero-order valence-corrected chi connectivity index (χ0v) is 23.6. The third-order valence-corrected chi connectivity index (χ3v) is 12.1. The second-order valence-corrected chi connectivity index (χ2v) is 15.7. The van der Waals surface area contributed by atoms with Crippen LogP contribution in [0.3, 0.4) is 0 Å². The van der Waals surface area contributed by atoms with Gasteiger partial charge in [0.15, 0.2) is 11.5 Å². The molecule has 3 heteroatoms. The molecule has 2 heterocycles. The minimum absolute atomic E-state index is 0.0482. The van der Waals surface area contributed by atoms with Crippen molar-refractivity contribution in [1.29, 1.82) is 0 Å². The standard InChI is InChI=1S/C34H36NOP/c1-33(2,3)25-21-24-23-35-29-19-13-14-20-30(29)37(26-15-9-7-10-16-26,27-17-11-8-12-18-27)32(35)36-31(24)28(22-25)34(4,5)6/h7-23,32H,1-6H3/q+2/t32-/m0/s1. The molecule has 0 unspecified atom stereocenters. The normalized spacial score (nSPS) is 17.8. The number of hydrogen-bond donors (Lipinski definition) is 0. The van der Waals surface area contributed by atoms with Crippen LogP contribution in [0.2, 0.25) is 0 Å². The molecule has 0 radical (unpaired) electrons. The van der Waals surface area contributed by atoms with Crippen molar-refractivity contribution in [3.05, 3.63) is 114 Å². The van der Waals surface area contributed by atoms with Crippen LogP contribution in [0.25, 0.3) is 0 Å². The van der Waals surface area contributed by atoms with Crippen LogP contribution in [0.5, 0.6) is 5.75 Å². The van der Waals surface area contributed by atoms with Gasteiger partial charge in [-0.1, -0.05) is 96.1 Å². The summed E-state index contributed by atoms with van der Waals surface area (Å²) in [5, 5.41) is 4.08. The predicted octanol–water partition coefficient (Wildman–Crippen LogP) is 7.03. The van der Waals surface area contributed by atoms with E-state index in [1.54, 1.807) is 0 Å². The Morgan fingerprint density at radius 3 is 1.81 bits per heavy atom. The second kappa shape index (κ2) is 8.40. The Kier molecular flexibility index (Phi) is 5.48. The van der Waals surface area contributed by atoms with E-state index in [0.717, 1.165) is 5.75 Å². The van der Waals surface area contributed by atoms with Gasteiger partial charge in [-0.15, -0.1) is 4.58 Å². The predicted molar refractivity (Wildman–Crippen MR) is 158 cm³/mol. The van der Waals surface area contributed by atoms with Gasteiger partial charge in [0.2, 0.25) is 7.26 Å². The Morgan fingerprint density at radius 2 is 1.24 bits per heavy atom. The Bertz CT molecular complexity index is 1470. The van der Waals surface area contributed by atoms with E-state index in [9.17, 15) is 0 Å². The summed E-state index contributed by atoms with van der Waals surface area (Å²) in [4.78, 5) is 0. The third-order valence-electron chi connectivity index (χ3n) is 7.73. The zero-order chi connectivity index (χ0) is 26.0. The Balaban J connectivity index is 1.70. The molecule has 0 N–H and O–H groups in total. The van der Waals surface area contributed by atoms with Crippen molar-refractivity contribution in [2.75, 3.05) is 0 Å². The smallest absolute Gasteiger partial charge is 0.403 e. The molecule has 1 atom stereocenters. The van der Waals surface area contributed by atoms with E-state index >= 15 is 0 Å². The summed E-state index contributed by atoms with van der Waals surface area (Å²) in [6.07, 6.45) is 2.36. The van der Waals surface area contributed by atoms with Crippen molar-refractivity contribution in [2.24, 2.45) is 0 Å². The summed E-state index contributed by atoms with van der Waals surface area (Å²) in [5.41, 5.74) is 5.04. The summed E-state index contributed by atoms with van der Waals surface area (Å²) < 4.78 is 9.75. The van der Waals surface area contributed by atoms with Crippen LogP contribution in [0.15, 0.2) is 97.1 Å². The van der Waals surface area contributed by atoms with E-state index in [0.29, 0.717) is 0 Å². The molecule has 0 bridgehead atoms. The van der Waals surface area contributed by atoms with E-state index < -0.39 is 7.26 Å². The fourth-order valence-corrected chi connectivity index (χ4v) is 10.4. The quantitative estimate of drug-likeness (QED) is 0.210. The molecule has 0 spiro atoms. The monoisotopic (exact) mass is 505 g/mol. The number of fused-ring (bicyclic) bond motifs is 4. The molecule has 0 saturated heterocycles. The maximum absolute atomic E-state index is 7.33. The number of benzene rings is 4. The molecule has 2 nitrogen and oxygen atoms in total. The first-order chi connectivity index (χ1) is 17.6. The van der Waals surface area contributed by atoms with Gasteiger partial charge in [0.1, 0.15) is 16.4 Å². The van der Waals surface area contributed by atoms with Crippen LogP contribution >= 0.6 is 7.26 Å². The van der Waals surface area contributed by atoms with Crippen LogP contribution < -0.4 is 20.7 Å². The molecule has 186 valence electrons. The van der Waals surface area contributed by atoms with E-state index in [1.807, 2.05) is 0 Å². The summed E-state index contributed by atoms with van der Waals surface area (Å²) in [6, 6.07) is 35.7. The molecule has 0 fully saturated rings. The van der Waals surface area contributed by atoms with Gasteiger partial charge < -0.3 is 4.74 Å². The summed E-state index contributed by atoms with van der Waals surface area (Å²) in [7, 11) is -2.17. The van der Waals surface area contributed by atoms with E-state index in [-0.39, 0.29) is 16.8 Å². The highest BCUT2D eigenvalue weighted by molar-refractivity contribution is 7.96. The first-order valence-corrected chi connectivity index (χ1v) is 15.1. The van der Waals surface area contributed by atoms with Gasteiger partial charge in [-0.3, -0.25) is 0 Å². The zero-order valence-electron chi connectivity index (χ0n) is 22.7. The van der Waals surface area contributed by atoms with Crippen molar-refractivity contribution in [2.45, 2.75) is 58.3 Å². The lowest BCUT2D eigenvalue weighted by Gasteiger charge is -2.32. The van der Waals surface area contributed by atoms with Gasteiger partial charge in [0.05, 0.1) is 5.56 Å². The minimum atomic E-state index is -2.17. The van der Waals surface area contributed by atoms with Gasteiger partial charge in [-0.25, -0.2) is 0 Å². The van der Waals surface area contributed by atoms with Crippen molar-refractivity contribution in [1.82, 2.24) is 0 Å². The third kappa shape index (κ3) is 3.69. The Morgan fingerprint density at radius 1 is 0.676 bits per heavy atom. The minimum Gasteiger partial charge on any atom is -0.403 e. The fraction of sp³-hybridized carbons (Fsp3) is 0.265. The lowest BCUT2D eigenvalue weighted by Crippen LogP contribution is -2.42. The van der Waals surface area contributed by atoms with Gasteiger partial charge in [0, 0.05) is 11.6 Å². The molecule has 0 saturated carbocycles. The molecule has 2 aliphatic heterocycles. The van der Waals surface area contributed by atoms with Crippen molar-refractivity contribution in [3.63, 3.8) is 0 Å². The molecule has 0 amide bonds.